The van der Waals surface area contributed by atoms with E-state index in [-0.39, 0.29) is 18.3 Å². The molecular formula is C13H14BrF2N. The standard InChI is InChI=1S/C13H14BrF2N/c14-9-1-2-11-10(7-9)12(8-17-11)3-5-13(15,16)6-4-12/h1-2,7,17H,3-6,8H2. The molecule has 0 bridgehead atoms. The van der Waals surface area contributed by atoms with E-state index in [4.69, 9.17) is 0 Å². The van der Waals surface area contributed by atoms with Gasteiger partial charge in [-0.05, 0) is 36.6 Å². The van der Waals surface area contributed by atoms with Crippen molar-refractivity contribution < 1.29 is 8.78 Å². The number of nitrogens with one attached hydrogen (secondary N) is 1. The maximum absolute atomic E-state index is 13.3. The molecule has 1 N–H and O–H groups in total. The van der Waals surface area contributed by atoms with E-state index in [9.17, 15) is 8.78 Å². The van der Waals surface area contributed by atoms with Crippen LogP contribution in [0.5, 0.6) is 0 Å². The van der Waals surface area contributed by atoms with Crippen LogP contribution < -0.4 is 5.32 Å². The van der Waals surface area contributed by atoms with Gasteiger partial charge in [0.15, 0.2) is 0 Å². The summed E-state index contributed by atoms with van der Waals surface area (Å²) >= 11 is 3.46. The fourth-order valence-electron chi connectivity index (χ4n) is 3.01. The fraction of sp³-hybridized carbons (Fsp3) is 0.538. The summed E-state index contributed by atoms with van der Waals surface area (Å²) in [5.74, 6) is -2.46. The Hall–Kier alpha value is -0.640. The van der Waals surface area contributed by atoms with Gasteiger partial charge >= 0.3 is 0 Å². The number of alkyl halides is 2. The summed E-state index contributed by atoms with van der Waals surface area (Å²) in [5.41, 5.74) is 2.25. The van der Waals surface area contributed by atoms with Crippen LogP contribution in [0.3, 0.4) is 0 Å². The minimum atomic E-state index is -2.46. The lowest BCUT2D eigenvalue weighted by molar-refractivity contribution is -0.0496. The lowest BCUT2D eigenvalue weighted by atomic mass is 9.70. The number of fused-ring (bicyclic) bond motifs is 2. The fourth-order valence-corrected chi connectivity index (χ4v) is 3.37. The third-order valence-electron chi connectivity index (χ3n) is 4.11. The topological polar surface area (TPSA) is 12.0 Å². The largest absolute Gasteiger partial charge is 0.384 e. The monoisotopic (exact) mass is 301 g/mol. The number of hydrogen-bond donors (Lipinski definition) is 1. The molecule has 0 amide bonds. The van der Waals surface area contributed by atoms with Crippen molar-refractivity contribution in [2.45, 2.75) is 37.0 Å². The van der Waals surface area contributed by atoms with Gasteiger partial charge in [0.2, 0.25) is 5.92 Å². The van der Waals surface area contributed by atoms with Crippen LogP contribution in [-0.2, 0) is 5.41 Å². The summed E-state index contributed by atoms with van der Waals surface area (Å²) in [6.45, 7) is 0.800. The van der Waals surface area contributed by atoms with Crippen molar-refractivity contribution in [2.24, 2.45) is 0 Å². The minimum Gasteiger partial charge on any atom is -0.384 e. The molecule has 0 aromatic heterocycles. The SMILES string of the molecule is FC1(F)CCC2(CC1)CNc1ccc(Br)cc12. The summed E-state index contributed by atoms with van der Waals surface area (Å²) in [6, 6.07) is 6.10. The van der Waals surface area contributed by atoms with Gasteiger partial charge < -0.3 is 5.32 Å². The first-order valence-corrected chi connectivity index (χ1v) is 6.72. The van der Waals surface area contributed by atoms with Crippen molar-refractivity contribution in [3.63, 3.8) is 0 Å². The Bertz CT molecular complexity index is 449. The number of halogens is 3. The molecule has 0 atom stereocenters. The molecule has 17 heavy (non-hydrogen) atoms. The average molecular weight is 302 g/mol. The summed E-state index contributed by atoms with van der Waals surface area (Å²) in [5, 5.41) is 3.35. The highest BCUT2D eigenvalue weighted by molar-refractivity contribution is 9.10. The highest BCUT2D eigenvalue weighted by Gasteiger charge is 2.47. The molecule has 1 aromatic carbocycles. The van der Waals surface area contributed by atoms with Crippen LogP contribution in [0.25, 0.3) is 0 Å². The number of rotatable bonds is 0. The molecule has 92 valence electrons. The van der Waals surface area contributed by atoms with E-state index < -0.39 is 5.92 Å². The van der Waals surface area contributed by atoms with Crippen LogP contribution in [-0.4, -0.2) is 12.5 Å². The molecule has 1 aliphatic carbocycles. The van der Waals surface area contributed by atoms with E-state index in [2.05, 4.69) is 27.3 Å². The van der Waals surface area contributed by atoms with Crippen molar-refractivity contribution in [1.29, 1.82) is 0 Å². The van der Waals surface area contributed by atoms with E-state index in [1.807, 2.05) is 12.1 Å². The average Bonchev–Trinajstić information content (AvgIpc) is 2.63. The quantitative estimate of drug-likeness (QED) is 0.752. The second-order valence-electron chi connectivity index (χ2n) is 5.18. The summed E-state index contributed by atoms with van der Waals surface area (Å²) in [4.78, 5) is 0. The highest BCUT2D eigenvalue weighted by atomic mass is 79.9. The van der Waals surface area contributed by atoms with E-state index in [1.165, 1.54) is 5.56 Å². The van der Waals surface area contributed by atoms with Crippen molar-refractivity contribution in [1.82, 2.24) is 0 Å². The summed E-state index contributed by atoms with van der Waals surface area (Å²) in [7, 11) is 0. The minimum absolute atomic E-state index is 0.0145. The van der Waals surface area contributed by atoms with E-state index in [1.54, 1.807) is 0 Å². The van der Waals surface area contributed by atoms with Crippen LogP contribution >= 0.6 is 15.9 Å². The molecule has 4 heteroatoms. The molecule has 0 unspecified atom stereocenters. The summed E-state index contributed by atoms with van der Waals surface area (Å²) in [6.07, 6.45) is 1.19. The predicted molar refractivity (Wildman–Crippen MR) is 67.7 cm³/mol. The molecule has 1 fully saturated rings. The zero-order chi connectivity index (χ0) is 12.1. The Kier molecular flexibility index (Phi) is 2.47. The van der Waals surface area contributed by atoms with Gasteiger partial charge in [-0.25, -0.2) is 8.78 Å². The zero-order valence-electron chi connectivity index (χ0n) is 9.40. The maximum Gasteiger partial charge on any atom is 0.248 e. The molecule has 1 spiro atoms. The molecule has 3 rings (SSSR count). The molecule has 0 saturated heterocycles. The number of benzene rings is 1. The third kappa shape index (κ3) is 1.86. The van der Waals surface area contributed by atoms with Gasteiger partial charge in [-0.15, -0.1) is 0 Å². The van der Waals surface area contributed by atoms with Crippen LogP contribution in [0.15, 0.2) is 22.7 Å². The molecule has 1 nitrogen and oxygen atoms in total. The van der Waals surface area contributed by atoms with Crippen LogP contribution in [0.1, 0.15) is 31.2 Å². The van der Waals surface area contributed by atoms with E-state index >= 15 is 0 Å². The van der Waals surface area contributed by atoms with Gasteiger partial charge in [0, 0.05) is 35.0 Å². The Morgan fingerprint density at radius 1 is 1.12 bits per heavy atom. The normalized spacial score (nSPS) is 24.4. The molecular weight excluding hydrogens is 288 g/mol. The number of anilines is 1. The molecule has 2 aliphatic rings. The van der Waals surface area contributed by atoms with Gasteiger partial charge in [0.05, 0.1) is 0 Å². The molecule has 0 radical (unpaired) electrons. The summed E-state index contributed by atoms with van der Waals surface area (Å²) < 4.78 is 27.6. The zero-order valence-corrected chi connectivity index (χ0v) is 11.0. The van der Waals surface area contributed by atoms with Gasteiger partial charge in [-0.2, -0.15) is 0 Å². The van der Waals surface area contributed by atoms with Crippen molar-refractivity contribution in [2.75, 3.05) is 11.9 Å². The van der Waals surface area contributed by atoms with Crippen LogP contribution in [0.4, 0.5) is 14.5 Å². The van der Waals surface area contributed by atoms with Crippen molar-refractivity contribution >= 4 is 21.6 Å². The number of hydrogen-bond acceptors (Lipinski definition) is 1. The van der Waals surface area contributed by atoms with E-state index in [0.29, 0.717) is 12.8 Å². The van der Waals surface area contributed by atoms with Crippen molar-refractivity contribution in [3.05, 3.63) is 28.2 Å². The lowest BCUT2D eigenvalue weighted by Gasteiger charge is -2.37. The Morgan fingerprint density at radius 3 is 2.53 bits per heavy atom. The molecule has 1 aromatic rings. The molecule has 1 aliphatic heterocycles. The maximum atomic E-state index is 13.3. The second-order valence-corrected chi connectivity index (χ2v) is 6.10. The predicted octanol–water partition coefficient (Wildman–Crippen LogP) is 4.32. The first kappa shape index (κ1) is 11.5. The van der Waals surface area contributed by atoms with E-state index in [0.717, 1.165) is 16.7 Å². The van der Waals surface area contributed by atoms with Crippen LogP contribution in [0.2, 0.25) is 0 Å². The van der Waals surface area contributed by atoms with Gasteiger partial charge in [-0.1, -0.05) is 15.9 Å². The first-order chi connectivity index (χ1) is 8.01. The first-order valence-electron chi connectivity index (χ1n) is 5.93. The smallest absolute Gasteiger partial charge is 0.248 e. The Balaban J connectivity index is 1.95. The molecule has 1 heterocycles. The van der Waals surface area contributed by atoms with Crippen LogP contribution in [0, 0.1) is 0 Å². The Morgan fingerprint density at radius 2 is 1.82 bits per heavy atom. The second kappa shape index (κ2) is 3.67. The Labute approximate surface area is 108 Å². The van der Waals surface area contributed by atoms with Gasteiger partial charge in [-0.3, -0.25) is 0 Å². The lowest BCUT2D eigenvalue weighted by Crippen LogP contribution is -2.37. The van der Waals surface area contributed by atoms with Crippen molar-refractivity contribution in [3.8, 4) is 0 Å². The molecule has 1 saturated carbocycles. The van der Waals surface area contributed by atoms with Gasteiger partial charge in [0.25, 0.3) is 0 Å². The third-order valence-corrected chi connectivity index (χ3v) is 4.60. The highest BCUT2D eigenvalue weighted by Crippen LogP contribution is 2.50. The van der Waals surface area contributed by atoms with Gasteiger partial charge in [0.1, 0.15) is 0 Å².